The highest BCUT2D eigenvalue weighted by Gasteiger charge is 2.54. The van der Waals surface area contributed by atoms with Gasteiger partial charge in [0.25, 0.3) is 0 Å². The van der Waals surface area contributed by atoms with Gasteiger partial charge in [-0.15, -0.1) is 0 Å². The van der Waals surface area contributed by atoms with Crippen molar-refractivity contribution < 1.29 is 27.6 Å². The third kappa shape index (κ3) is 3.25. The molecule has 1 rings (SSSR count). The minimum atomic E-state index is -3.57. The number of rotatable bonds is 5. The largest absolute Gasteiger partial charge is 0.326 e. The van der Waals surface area contributed by atoms with Crippen molar-refractivity contribution in [3.63, 3.8) is 0 Å². The maximum absolute atomic E-state index is 14.0. The molecule has 18 heavy (non-hydrogen) atoms. The number of allylic oxidation sites excluding steroid dienone is 1. The average Bonchev–Trinajstić information content (AvgIpc) is 2.62. The lowest BCUT2D eigenvalue weighted by atomic mass is 9.88. The molecule has 0 spiro atoms. The molecule has 1 aliphatic carbocycles. The number of alkyl halides is 2. The summed E-state index contributed by atoms with van der Waals surface area (Å²) in [5.41, 5.74) is -1.28. The third-order valence-corrected chi connectivity index (χ3v) is 3.77. The number of halogens is 2. The molecule has 1 N–H and O–H groups in total. The van der Waals surface area contributed by atoms with Crippen molar-refractivity contribution in [1.29, 1.82) is 0 Å². The SMILES string of the molecule is C=C1CCC(C(F)(F)C(=O)C(C)(C)O[PH](=O)O)C1. The fourth-order valence-corrected chi connectivity index (χ4v) is 2.62. The first kappa shape index (κ1) is 15.5. The highest BCUT2D eigenvalue weighted by molar-refractivity contribution is 7.32. The number of carbonyl (C=O) groups is 1. The minimum absolute atomic E-state index is 0.100. The van der Waals surface area contributed by atoms with Crippen LogP contribution in [0.3, 0.4) is 0 Å². The van der Waals surface area contributed by atoms with Crippen LogP contribution in [0.25, 0.3) is 0 Å². The Morgan fingerprint density at radius 3 is 2.50 bits per heavy atom. The van der Waals surface area contributed by atoms with E-state index >= 15 is 0 Å². The molecule has 0 radical (unpaired) electrons. The molecular formula is C11H17F2O4P. The minimum Gasteiger partial charge on any atom is -0.326 e. The number of ketones is 1. The second-order valence-electron chi connectivity index (χ2n) is 5.02. The molecule has 0 aliphatic heterocycles. The van der Waals surface area contributed by atoms with E-state index in [1.54, 1.807) is 0 Å². The van der Waals surface area contributed by atoms with Crippen LogP contribution in [-0.2, 0) is 13.9 Å². The van der Waals surface area contributed by atoms with E-state index in [1.165, 1.54) is 0 Å². The second kappa shape index (κ2) is 5.19. The molecule has 0 heterocycles. The molecule has 0 bridgehead atoms. The van der Waals surface area contributed by atoms with E-state index in [2.05, 4.69) is 11.1 Å². The molecule has 0 aromatic heterocycles. The normalized spacial score (nSPS) is 23.2. The number of hydrogen-bond donors (Lipinski definition) is 1. The van der Waals surface area contributed by atoms with Gasteiger partial charge in [0.2, 0.25) is 5.78 Å². The summed E-state index contributed by atoms with van der Waals surface area (Å²) in [7, 11) is -3.45. The van der Waals surface area contributed by atoms with Crippen LogP contribution in [0.4, 0.5) is 8.78 Å². The highest BCUT2D eigenvalue weighted by atomic mass is 31.1. The zero-order valence-electron chi connectivity index (χ0n) is 10.3. The molecule has 4 nitrogen and oxygen atoms in total. The van der Waals surface area contributed by atoms with Crippen LogP contribution in [0.15, 0.2) is 12.2 Å². The lowest BCUT2D eigenvalue weighted by Crippen LogP contribution is -2.48. The van der Waals surface area contributed by atoms with Crippen molar-refractivity contribution in [2.75, 3.05) is 0 Å². The third-order valence-electron chi connectivity index (χ3n) is 3.09. The van der Waals surface area contributed by atoms with E-state index in [0.29, 0.717) is 12.0 Å². The van der Waals surface area contributed by atoms with Crippen molar-refractivity contribution in [1.82, 2.24) is 0 Å². The molecule has 0 amide bonds. The molecule has 104 valence electrons. The maximum Gasteiger partial charge on any atom is 0.317 e. The van der Waals surface area contributed by atoms with Gasteiger partial charge < -0.3 is 4.89 Å². The summed E-state index contributed by atoms with van der Waals surface area (Å²) in [4.78, 5) is 20.4. The van der Waals surface area contributed by atoms with Gasteiger partial charge >= 0.3 is 14.2 Å². The van der Waals surface area contributed by atoms with E-state index < -0.39 is 31.5 Å². The van der Waals surface area contributed by atoms with Gasteiger partial charge in [-0.2, -0.15) is 8.78 Å². The molecule has 7 heteroatoms. The molecule has 1 saturated carbocycles. The first-order valence-corrected chi connectivity index (χ1v) is 6.85. The van der Waals surface area contributed by atoms with Crippen molar-refractivity contribution in [3.8, 4) is 0 Å². The molecule has 2 unspecified atom stereocenters. The predicted molar refractivity (Wildman–Crippen MR) is 62.8 cm³/mol. The summed E-state index contributed by atoms with van der Waals surface area (Å²) in [5, 5.41) is 0. The lowest BCUT2D eigenvalue weighted by molar-refractivity contribution is -0.165. The Bertz CT molecular complexity index is 393. The molecule has 2 atom stereocenters. The van der Waals surface area contributed by atoms with Crippen LogP contribution in [0, 0.1) is 5.92 Å². The smallest absolute Gasteiger partial charge is 0.317 e. The highest BCUT2D eigenvalue weighted by Crippen LogP contribution is 2.43. The van der Waals surface area contributed by atoms with Crippen LogP contribution in [0.1, 0.15) is 33.1 Å². The molecule has 0 aromatic carbocycles. The fraction of sp³-hybridized carbons (Fsp3) is 0.727. The fourth-order valence-electron chi connectivity index (χ4n) is 2.09. The first-order chi connectivity index (χ1) is 8.07. The standard InChI is InChI=1S/C11H17F2O4P/c1-7-4-5-8(6-7)11(12,13)9(14)10(2,3)17-18(15)16/h8,18H,1,4-6H2,2-3H3,(H,15,16). The van der Waals surface area contributed by atoms with E-state index in [-0.39, 0.29) is 12.8 Å². The van der Waals surface area contributed by atoms with Crippen LogP contribution >= 0.6 is 8.25 Å². The zero-order valence-corrected chi connectivity index (χ0v) is 11.3. The summed E-state index contributed by atoms with van der Waals surface area (Å²) in [6.45, 7) is 5.78. The Morgan fingerprint density at radius 1 is 1.56 bits per heavy atom. The van der Waals surface area contributed by atoms with Crippen LogP contribution < -0.4 is 0 Å². The van der Waals surface area contributed by atoms with Crippen LogP contribution in [0.2, 0.25) is 0 Å². The van der Waals surface area contributed by atoms with Crippen molar-refractivity contribution in [2.24, 2.45) is 5.92 Å². The van der Waals surface area contributed by atoms with E-state index in [4.69, 9.17) is 4.89 Å². The second-order valence-corrected chi connectivity index (χ2v) is 5.76. The number of Topliss-reactive ketones (excluding diaryl/α,β-unsaturated/α-hetero) is 1. The Morgan fingerprint density at radius 2 is 2.11 bits per heavy atom. The van der Waals surface area contributed by atoms with Crippen molar-refractivity contribution in [3.05, 3.63) is 12.2 Å². The molecule has 1 fully saturated rings. The van der Waals surface area contributed by atoms with Gasteiger partial charge in [-0.25, -0.2) is 0 Å². The van der Waals surface area contributed by atoms with Crippen LogP contribution in [-0.4, -0.2) is 22.2 Å². The number of hydrogen-bond acceptors (Lipinski definition) is 3. The Labute approximate surface area is 105 Å². The molecule has 0 aromatic rings. The topological polar surface area (TPSA) is 63.6 Å². The molecule has 1 aliphatic rings. The van der Waals surface area contributed by atoms with Crippen LogP contribution in [0.5, 0.6) is 0 Å². The van der Waals surface area contributed by atoms with Gasteiger partial charge in [0.1, 0.15) is 5.60 Å². The zero-order chi connectivity index (χ0) is 14.1. The summed E-state index contributed by atoms with van der Waals surface area (Å²) in [6.07, 6.45) is 0.774. The Balaban J connectivity index is 2.87. The van der Waals surface area contributed by atoms with Gasteiger partial charge in [0.05, 0.1) is 0 Å². The van der Waals surface area contributed by atoms with E-state index in [9.17, 15) is 18.1 Å². The van der Waals surface area contributed by atoms with Gasteiger partial charge in [-0.05, 0) is 33.1 Å². The van der Waals surface area contributed by atoms with Crippen molar-refractivity contribution in [2.45, 2.75) is 44.6 Å². The Kier molecular flexibility index (Phi) is 4.47. The van der Waals surface area contributed by atoms with E-state index in [0.717, 1.165) is 13.8 Å². The van der Waals surface area contributed by atoms with E-state index in [1.807, 2.05) is 0 Å². The number of carbonyl (C=O) groups excluding carboxylic acids is 1. The van der Waals surface area contributed by atoms with Gasteiger partial charge in [0, 0.05) is 5.92 Å². The average molecular weight is 282 g/mol. The van der Waals surface area contributed by atoms with Crippen molar-refractivity contribution >= 4 is 14.0 Å². The summed E-state index contributed by atoms with van der Waals surface area (Å²) >= 11 is 0. The molecule has 0 saturated heterocycles. The maximum atomic E-state index is 14.0. The molecular weight excluding hydrogens is 265 g/mol. The summed E-state index contributed by atoms with van der Waals surface area (Å²) < 4.78 is 43.0. The summed E-state index contributed by atoms with van der Waals surface area (Å²) in [5.74, 6) is -6.12. The van der Waals surface area contributed by atoms with Gasteiger partial charge in [-0.1, -0.05) is 12.2 Å². The predicted octanol–water partition coefficient (Wildman–Crippen LogP) is 2.72. The first-order valence-electron chi connectivity index (χ1n) is 5.58. The van der Waals surface area contributed by atoms with Gasteiger partial charge in [0.15, 0.2) is 0 Å². The Hall–Kier alpha value is -0.580. The lowest BCUT2D eigenvalue weighted by Gasteiger charge is -2.29. The van der Waals surface area contributed by atoms with Gasteiger partial charge in [-0.3, -0.25) is 13.9 Å². The quantitative estimate of drug-likeness (QED) is 0.622. The summed E-state index contributed by atoms with van der Waals surface area (Å²) in [6, 6.07) is 0. The monoisotopic (exact) mass is 282 g/mol.